The molecule has 2 saturated heterocycles. The second kappa shape index (κ2) is 10.4. The summed E-state index contributed by atoms with van der Waals surface area (Å²) in [6.45, 7) is 4.86. The van der Waals surface area contributed by atoms with Crippen LogP contribution in [0.15, 0.2) is 36.7 Å². The molecular weight excluding hydrogens is 434 g/mol. The van der Waals surface area contributed by atoms with E-state index >= 15 is 0 Å². The number of anilines is 2. The first-order valence-corrected chi connectivity index (χ1v) is 11.8. The topological polar surface area (TPSA) is 97.6 Å². The minimum absolute atomic E-state index is 0.0124. The Balaban J connectivity index is 1.41. The van der Waals surface area contributed by atoms with Gasteiger partial charge in [-0.3, -0.25) is 4.79 Å². The maximum Gasteiger partial charge on any atom is 0.248 e. The molecule has 2 aliphatic heterocycles. The van der Waals surface area contributed by atoms with Crippen LogP contribution in [0.2, 0.25) is 0 Å². The Bertz CT molecular complexity index is 1110. The first kappa shape index (κ1) is 22.5. The second-order valence-corrected chi connectivity index (χ2v) is 8.72. The smallest absolute Gasteiger partial charge is 0.248 e. The number of fused-ring (bicyclic) bond motifs is 1. The van der Waals surface area contributed by atoms with Crippen LogP contribution >= 0.6 is 0 Å². The van der Waals surface area contributed by atoms with Gasteiger partial charge in [0.25, 0.3) is 0 Å². The van der Waals surface area contributed by atoms with Crippen molar-refractivity contribution in [2.24, 2.45) is 0 Å². The maximum absolute atomic E-state index is 12.2. The van der Waals surface area contributed by atoms with Crippen LogP contribution in [0.3, 0.4) is 0 Å². The third-order valence-electron chi connectivity index (χ3n) is 6.35. The molecule has 10 nitrogen and oxygen atoms in total. The van der Waals surface area contributed by atoms with Gasteiger partial charge in [0.05, 0.1) is 19.0 Å². The lowest BCUT2D eigenvalue weighted by Gasteiger charge is -2.34. The lowest BCUT2D eigenvalue weighted by Crippen LogP contribution is -2.50. The molecule has 2 aliphatic rings. The van der Waals surface area contributed by atoms with E-state index in [1.165, 1.54) is 5.56 Å². The van der Waals surface area contributed by atoms with Crippen molar-refractivity contribution in [2.45, 2.75) is 25.5 Å². The van der Waals surface area contributed by atoms with Crippen molar-refractivity contribution in [3.63, 3.8) is 0 Å². The fourth-order valence-electron chi connectivity index (χ4n) is 4.48. The lowest BCUT2D eigenvalue weighted by molar-refractivity contribution is -0.135. The molecule has 5 rings (SSSR count). The van der Waals surface area contributed by atoms with Crippen molar-refractivity contribution in [1.29, 1.82) is 0 Å². The molecule has 1 aromatic carbocycles. The largest absolute Gasteiger partial charge is 0.376 e. The Morgan fingerprint density at radius 3 is 2.74 bits per heavy atom. The van der Waals surface area contributed by atoms with Gasteiger partial charge in [-0.25, -0.2) is 4.98 Å². The molecule has 1 amide bonds. The van der Waals surface area contributed by atoms with E-state index in [1.807, 2.05) is 29.4 Å². The molecule has 0 aliphatic carbocycles. The zero-order chi connectivity index (χ0) is 23.3. The number of rotatable bonds is 8. The number of ether oxygens (including phenoxy) is 2. The minimum Gasteiger partial charge on any atom is -0.376 e. The van der Waals surface area contributed by atoms with Crippen molar-refractivity contribution in [3.05, 3.63) is 42.2 Å². The molecule has 10 heteroatoms. The van der Waals surface area contributed by atoms with E-state index in [1.54, 1.807) is 7.11 Å². The summed E-state index contributed by atoms with van der Waals surface area (Å²) in [7, 11) is 1.54. The van der Waals surface area contributed by atoms with Gasteiger partial charge in [-0.05, 0) is 18.4 Å². The van der Waals surface area contributed by atoms with Crippen LogP contribution in [0.25, 0.3) is 11.2 Å². The molecule has 1 unspecified atom stereocenters. The quantitative estimate of drug-likeness (QED) is 0.538. The minimum atomic E-state index is 0.0124. The number of carbonyl (C=O) groups excluding carboxylic acids is 1. The van der Waals surface area contributed by atoms with Gasteiger partial charge in [-0.2, -0.15) is 9.97 Å². The van der Waals surface area contributed by atoms with Crippen molar-refractivity contribution < 1.29 is 14.3 Å². The Hall–Kier alpha value is -3.24. The van der Waals surface area contributed by atoms with Gasteiger partial charge in [0.15, 0.2) is 17.0 Å². The molecule has 4 heterocycles. The van der Waals surface area contributed by atoms with Gasteiger partial charge in [-0.1, -0.05) is 30.3 Å². The van der Waals surface area contributed by atoms with E-state index in [4.69, 9.17) is 19.4 Å². The van der Waals surface area contributed by atoms with E-state index in [9.17, 15) is 4.79 Å². The molecule has 1 N–H and O–H groups in total. The highest BCUT2D eigenvalue weighted by atomic mass is 16.5. The number of carbonyl (C=O) groups is 1. The molecule has 0 spiro atoms. The van der Waals surface area contributed by atoms with Crippen LogP contribution < -0.4 is 10.2 Å². The molecule has 2 aromatic heterocycles. The molecule has 0 radical (unpaired) electrons. The van der Waals surface area contributed by atoms with E-state index in [0.717, 1.165) is 36.4 Å². The maximum atomic E-state index is 12.2. The number of piperazine rings is 1. The zero-order valence-corrected chi connectivity index (χ0v) is 19.5. The summed E-state index contributed by atoms with van der Waals surface area (Å²) in [5, 5.41) is 3.47. The summed E-state index contributed by atoms with van der Waals surface area (Å²) in [5.41, 5.74) is 2.73. The summed E-state index contributed by atoms with van der Waals surface area (Å²) in [4.78, 5) is 30.6. The van der Waals surface area contributed by atoms with Gasteiger partial charge in [0.1, 0.15) is 6.61 Å². The number of aromatic nitrogens is 4. The van der Waals surface area contributed by atoms with E-state index in [2.05, 4.69) is 31.9 Å². The monoisotopic (exact) mass is 465 g/mol. The first-order valence-electron chi connectivity index (χ1n) is 11.8. The van der Waals surface area contributed by atoms with E-state index in [0.29, 0.717) is 45.2 Å². The molecule has 0 bridgehead atoms. The SMILES string of the molecule is COCC(=O)N1CCN(c2nc(NCC3CCCO3)c3ncn(Cc4ccccc4)c3n2)CC1. The number of nitrogens with zero attached hydrogens (tertiary/aromatic N) is 6. The van der Waals surface area contributed by atoms with Crippen molar-refractivity contribution in [1.82, 2.24) is 24.4 Å². The Morgan fingerprint density at radius 2 is 2.00 bits per heavy atom. The summed E-state index contributed by atoms with van der Waals surface area (Å²) in [6, 6.07) is 10.3. The van der Waals surface area contributed by atoms with Crippen LogP contribution in [-0.4, -0.2) is 89.5 Å². The van der Waals surface area contributed by atoms with Crippen LogP contribution in [0, 0.1) is 0 Å². The molecule has 3 aromatic rings. The third-order valence-corrected chi connectivity index (χ3v) is 6.35. The van der Waals surface area contributed by atoms with Crippen molar-refractivity contribution in [3.8, 4) is 0 Å². The highest BCUT2D eigenvalue weighted by molar-refractivity contribution is 5.84. The number of hydrogen-bond donors (Lipinski definition) is 1. The standard InChI is InChI=1S/C24H31N7O3/c1-33-16-20(32)29-9-11-30(12-10-29)24-27-22(25-14-19-8-5-13-34-19)21-23(28-24)31(17-26-21)15-18-6-3-2-4-7-18/h2-4,6-7,17,19H,5,8-16H2,1H3,(H,25,27,28). The van der Waals surface area contributed by atoms with Crippen molar-refractivity contribution in [2.75, 3.05) is 63.3 Å². The van der Waals surface area contributed by atoms with E-state index in [-0.39, 0.29) is 18.6 Å². The average molecular weight is 466 g/mol. The van der Waals surface area contributed by atoms with Gasteiger partial charge < -0.3 is 29.2 Å². The number of methoxy groups -OCH3 is 1. The molecular formula is C24H31N7O3. The van der Waals surface area contributed by atoms with E-state index < -0.39 is 0 Å². The number of hydrogen-bond acceptors (Lipinski definition) is 8. The summed E-state index contributed by atoms with van der Waals surface area (Å²) in [6.07, 6.45) is 4.16. The summed E-state index contributed by atoms with van der Waals surface area (Å²) < 4.78 is 12.8. The van der Waals surface area contributed by atoms with Gasteiger partial charge in [0, 0.05) is 46.4 Å². The number of imidazole rings is 1. The number of amides is 1. The molecule has 1 atom stereocenters. The van der Waals surface area contributed by atoms with Gasteiger partial charge in [-0.15, -0.1) is 0 Å². The van der Waals surface area contributed by atoms with Crippen LogP contribution in [0.1, 0.15) is 18.4 Å². The lowest BCUT2D eigenvalue weighted by atomic mass is 10.2. The Labute approximate surface area is 198 Å². The number of nitrogens with one attached hydrogen (secondary N) is 1. The predicted molar refractivity (Wildman–Crippen MR) is 129 cm³/mol. The fraction of sp³-hybridized carbons (Fsp3) is 0.500. The summed E-state index contributed by atoms with van der Waals surface area (Å²) >= 11 is 0. The van der Waals surface area contributed by atoms with Crippen LogP contribution in [0.5, 0.6) is 0 Å². The van der Waals surface area contributed by atoms with Crippen LogP contribution in [0.4, 0.5) is 11.8 Å². The van der Waals surface area contributed by atoms with Gasteiger partial charge >= 0.3 is 0 Å². The Morgan fingerprint density at radius 1 is 1.18 bits per heavy atom. The van der Waals surface area contributed by atoms with Crippen LogP contribution in [-0.2, 0) is 20.8 Å². The molecule has 34 heavy (non-hydrogen) atoms. The fourth-order valence-corrected chi connectivity index (χ4v) is 4.48. The van der Waals surface area contributed by atoms with Gasteiger partial charge in [0.2, 0.25) is 11.9 Å². The highest BCUT2D eigenvalue weighted by Crippen LogP contribution is 2.25. The number of benzene rings is 1. The molecule has 2 fully saturated rings. The molecule has 180 valence electrons. The summed E-state index contributed by atoms with van der Waals surface area (Å²) in [5.74, 6) is 1.38. The normalized spacial score (nSPS) is 18.6. The first-order chi connectivity index (χ1) is 16.7. The Kier molecular flexibility index (Phi) is 6.87. The molecule has 0 saturated carbocycles. The van der Waals surface area contributed by atoms with Crippen molar-refractivity contribution >= 4 is 28.8 Å². The average Bonchev–Trinajstić information content (AvgIpc) is 3.54. The third kappa shape index (κ3) is 4.97. The predicted octanol–water partition coefficient (Wildman–Crippen LogP) is 1.76. The second-order valence-electron chi connectivity index (χ2n) is 8.72. The zero-order valence-electron chi connectivity index (χ0n) is 19.5. The highest BCUT2D eigenvalue weighted by Gasteiger charge is 2.25.